The molecule has 1 aliphatic carbocycles. The molecule has 37 heavy (non-hydrogen) atoms. The molecular formula is C30H32FN3O3. The van der Waals surface area contributed by atoms with Crippen LogP contribution in [0.3, 0.4) is 0 Å². The fourth-order valence-electron chi connectivity index (χ4n) is 5.32. The largest absolute Gasteiger partial charge is 0.449 e. The fourth-order valence-corrected chi connectivity index (χ4v) is 5.32. The molecule has 5 rings (SSSR count). The Balaban J connectivity index is 1.00. The van der Waals surface area contributed by atoms with Crippen molar-refractivity contribution in [3.63, 3.8) is 0 Å². The zero-order valence-corrected chi connectivity index (χ0v) is 20.8. The monoisotopic (exact) mass is 501 g/mol. The van der Waals surface area contributed by atoms with Crippen molar-refractivity contribution in [3.05, 3.63) is 95.3 Å². The number of carbonyl (C=O) groups is 2. The van der Waals surface area contributed by atoms with Crippen LogP contribution in [0, 0.1) is 11.7 Å². The molecule has 2 aliphatic rings. The van der Waals surface area contributed by atoms with Gasteiger partial charge in [-0.2, -0.15) is 0 Å². The summed E-state index contributed by atoms with van der Waals surface area (Å²) < 4.78 is 18.6. The zero-order valence-electron chi connectivity index (χ0n) is 20.8. The number of nitrogens with zero attached hydrogens (tertiary/aromatic N) is 1. The lowest BCUT2D eigenvalue weighted by Crippen LogP contribution is -2.42. The summed E-state index contributed by atoms with van der Waals surface area (Å²) in [6.07, 6.45) is 1.38. The molecule has 7 heteroatoms. The number of benzene rings is 3. The molecule has 0 atom stereocenters. The topological polar surface area (TPSA) is 70.7 Å². The third kappa shape index (κ3) is 6.17. The zero-order chi connectivity index (χ0) is 25.6. The van der Waals surface area contributed by atoms with E-state index >= 15 is 0 Å². The van der Waals surface area contributed by atoms with Gasteiger partial charge >= 0.3 is 6.09 Å². The van der Waals surface area contributed by atoms with Crippen LogP contribution in [-0.4, -0.2) is 49.7 Å². The molecule has 0 aromatic heterocycles. The highest BCUT2D eigenvalue weighted by Gasteiger charge is 2.29. The molecule has 1 aliphatic heterocycles. The number of hydrogen-bond acceptors (Lipinski definition) is 4. The van der Waals surface area contributed by atoms with E-state index in [4.69, 9.17) is 4.74 Å². The Hall–Kier alpha value is -3.71. The SMILES string of the molecule is O=C(CNC(=O)OCC1c2ccccc2-c2ccccc21)NCC1CCN(Cc2ccc(F)cc2)CC1. The number of likely N-dealkylation sites (tertiary alicyclic amines) is 1. The van der Waals surface area contributed by atoms with Crippen LogP contribution in [0.5, 0.6) is 0 Å². The Morgan fingerprint density at radius 1 is 0.865 bits per heavy atom. The van der Waals surface area contributed by atoms with Crippen LogP contribution in [0.4, 0.5) is 9.18 Å². The summed E-state index contributed by atoms with van der Waals surface area (Å²) in [5.41, 5.74) is 5.75. The molecule has 1 heterocycles. The molecular weight excluding hydrogens is 469 g/mol. The van der Waals surface area contributed by atoms with Crippen molar-refractivity contribution in [2.75, 3.05) is 32.8 Å². The highest BCUT2D eigenvalue weighted by Crippen LogP contribution is 2.44. The van der Waals surface area contributed by atoms with Crippen molar-refractivity contribution < 1.29 is 18.7 Å². The minimum Gasteiger partial charge on any atom is -0.449 e. The van der Waals surface area contributed by atoms with Gasteiger partial charge in [-0.25, -0.2) is 9.18 Å². The summed E-state index contributed by atoms with van der Waals surface area (Å²) in [5.74, 6) is -0.0441. The van der Waals surface area contributed by atoms with E-state index in [2.05, 4.69) is 39.8 Å². The molecule has 3 aromatic rings. The number of nitrogens with one attached hydrogen (secondary N) is 2. The van der Waals surface area contributed by atoms with Crippen LogP contribution in [0.1, 0.15) is 35.4 Å². The van der Waals surface area contributed by atoms with E-state index in [9.17, 15) is 14.0 Å². The number of ether oxygens (including phenoxy) is 1. The maximum Gasteiger partial charge on any atom is 0.407 e. The Labute approximate surface area is 216 Å². The number of fused-ring (bicyclic) bond motifs is 3. The van der Waals surface area contributed by atoms with Gasteiger partial charge in [0, 0.05) is 19.0 Å². The van der Waals surface area contributed by atoms with E-state index in [1.807, 2.05) is 36.4 Å². The molecule has 0 radical (unpaired) electrons. The predicted molar refractivity (Wildman–Crippen MR) is 140 cm³/mol. The van der Waals surface area contributed by atoms with Crippen LogP contribution >= 0.6 is 0 Å². The van der Waals surface area contributed by atoms with Crippen LogP contribution in [0.15, 0.2) is 72.8 Å². The van der Waals surface area contributed by atoms with Crippen LogP contribution in [0.2, 0.25) is 0 Å². The molecule has 0 spiro atoms. The van der Waals surface area contributed by atoms with Crippen LogP contribution in [0.25, 0.3) is 11.1 Å². The average Bonchev–Trinajstić information content (AvgIpc) is 3.25. The molecule has 0 unspecified atom stereocenters. The average molecular weight is 502 g/mol. The summed E-state index contributed by atoms with van der Waals surface area (Å²) in [4.78, 5) is 26.9. The summed E-state index contributed by atoms with van der Waals surface area (Å²) >= 11 is 0. The van der Waals surface area contributed by atoms with Crippen molar-refractivity contribution in [1.29, 1.82) is 0 Å². The molecule has 6 nitrogen and oxygen atoms in total. The third-order valence-electron chi connectivity index (χ3n) is 7.35. The molecule has 1 fully saturated rings. The second-order valence-electron chi connectivity index (χ2n) is 9.83. The quantitative estimate of drug-likeness (QED) is 0.470. The summed E-state index contributed by atoms with van der Waals surface area (Å²) in [6, 6.07) is 23.0. The van der Waals surface area contributed by atoms with Gasteiger partial charge in [0.05, 0.1) is 6.54 Å². The summed E-state index contributed by atoms with van der Waals surface area (Å²) in [6.45, 7) is 3.39. The number of hydrogen-bond donors (Lipinski definition) is 2. The van der Waals surface area contributed by atoms with E-state index in [0.29, 0.717) is 12.5 Å². The number of alkyl carbamates (subject to hydrolysis) is 1. The third-order valence-corrected chi connectivity index (χ3v) is 7.35. The molecule has 3 aromatic carbocycles. The van der Waals surface area contributed by atoms with Crippen LogP contribution in [-0.2, 0) is 16.1 Å². The van der Waals surface area contributed by atoms with Crippen molar-refractivity contribution in [2.24, 2.45) is 5.92 Å². The molecule has 1 saturated heterocycles. The normalized spacial score (nSPS) is 15.6. The second-order valence-corrected chi connectivity index (χ2v) is 9.83. The van der Waals surface area contributed by atoms with Gasteiger partial charge in [0.2, 0.25) is 5.91 Å². The maximum absolute atomic E-state index is 13.1. The van der Waals surface area contributed by atoms with Crippen molar-refractivity contribution in [1.82, 2.24) is 15.5 Å². The number of rotatable bonds is 8. The predicted octanol–water partition coefficient (Wildman–Crippen LogP) is 4.69. The first-order valence-corrected chi connectivity index (χ1v) is 12.9. The molecule has 0 saturated carbocycles. The van der Waals surface area contributed by atoms with Gasteiger partial charge in [0.1, 0.15) is 12.4 Å². The Bertz CT molecular complexity index is 1190. The van der Waals surface area contributed by atoms with E-state index in [1.165, 1.54) is 23.3 Å². The van der Waals surface area contributed by atoms with E-state index in [1.54, 1.807) is 0 Å². The lowest BCUT2D eigenvalue weighted by atomic mass is 9.96. The highest BCUT2D eigenvalue weighted by molar-refractivity contribution is 5.82. The van der Waals surface area contributed by atoms with Gasteiger partial charge in [-0.15, -0.1) is 0 Å². The smallest absolute Gasteiger partial charge is 0.407 e. The van der Waals surface area contributed by atoms with Crippen molar-refractivity contribution in [2.45, 2.75) is 25.3 Å². The molecule has 2 amide bonds. The molecule has 2 N–H and O–H groups in total. The van der Waals surface area contributed by atoms with Gasteiger partial charge in [-0.3, -0.25) is 9.69 Å². The van der Waals surface area contributed by atoms with Gasteiger partial charge in [-0.1, -0.05) is 60.7 Å². The molecule has 192 valence electrons. The standard InChI is InChI=1S/C30H32FN3O3/c31-23-11-9-22(10-12-23)19-34-15-13-21(14-16-34)17-32-29(35)18-33-30(36)37-20-28-26-7-3-1-5-24(26)25-6-2-4-8-27(25)28/h1-12,21,28H,13-20H2,(H,32,35)(H,33,36). The van der Waals surface area contributed by atoms with E-state index in [0.717, 1.165) is 49.2 Å². The van der Waals surface area contributed by atoms with Gasteiger partial charge in [-0.05, 0) is 71.8 Å². The first kappa shape index (κ1) is 25.0. The number of amides is 2. The molecule has 0 bridgehead atoms. The second kappa shape index (κ2) is 11.6. The van der Waals surface area contributed by atoms with Gasteiger partial charge in [0.25, 0.3) is 0 Å². The minimum atomic E-state index is -0.592. The van der Waals surface area contributed by atoms with Gasteiger partial charge < -0.3 is 15.4 Å². The highest BCUT2D eigenvalue weighted by atomic mass is 19.1. The van der Waals surface area contributed by atoms with Crippen molar-refractivity contribution >= 4 is 12.0 Å². The van der Waals surface area contributed by atoms with E-state index in [-0.39, 0.29) is 30.8 Å². The lowest BCUT2D eigenvalue weighted by Gasteiger charge is -2.32. The minimum absolute atomic E-state index is 0.0131. The number of piperidine rings is 1. The maximum atomic E-state index is 13.1. The summed E-state index contributed by atoms with van der Waals surface area (Å²) in [7, 11) is 0. The fraction of sp³-hybridized carbons (Fsp3) is 0.333. The van der Waals surface area contributed by atoms with Gasteiger partial charge in [0.15, 0.2) is 0 Å². The number of carbonyl (C=O) groups excluding carboxylic acids is 2. The first-order chi connectivity index (χ1) is 18.1. The lowest BCUT2D eigenvalue weighted by molar-refractivity contribution is -0.120. The first-order valence-electron chi connectivity index (χ1n) is 12.9. The Kier molecular flexibility index (Phi) is 7.80. The van der Waals surface area contributed by atoms with Crippen molar-refractivity contribution in [3.8, 4) is 11.1 Å². The Morgan fingerprint density at radius 2 is 1.49 bits per heavy atom. The van der Waals surface area contributed by atoms with E-state index < -0.39 is 6.09 Å². The summed E-state index contributed by atoms with van der Waals surface area (Å²) in [5, 5.41) is 5.50. The van der Waals surface area contributed by atoms with Crippen LogP contribution < -0.4 is 10.6 Å². The Morgan fingerprint density at radius 3 is 2.14 bits per heavy atom. The number of halogens is 1.